The third-order valence-electron chi connectivity index (χ3n) is 3.09. The van der Waals surface area contributed by atoms with E-state index >= 15 is 0 Å². The van der Waals surface area contributed by atoms with Crippen LogP contribution in [0.15, 0.2) is 47.3 Å². The van der Waals surface area contributed by atoms with Gasteiger partial charge in [0.1, 0.15) is 5.82 Å². The Hall–Kier alpha value is -2.57. The molecule has 0 radical (unpaired) electrons. The van der Waals surface area contributed by atoms with Crippen LogP contribution in [0.2, 0.25) is 0 Å². The number of aromatic amines is 1. The second-order valence-electron chi connectivity index (χ2n) is 4.44. The highest BCUT2D eigenvalue weighted by Crippen LogP contribution is 2.34. The molecule has 0 unspecified atom stereocenters. The summed E-state index contributed by atoms with van der Waals surface area (Å²) in [6.07, 6.45) is -4.60. The number of fused-ring (bicyclic) bond motifs is 1. The Labute approximate surface area is 115 Å². The summed E-state index contributed by atoms with van der Waals surface area (Å²) in [7, 11) is 0. The van der Waals surface area contributed by atoms with Gasteiger partial charge >= 0.3 is 11.9 Å². The average Bonchev–Trinajstić information content (AvgIpc) is 2.74. The number of para-hydroxylation sites is 1. The highest BCUT2D eigenvalue weighted by atomic mass is 19.4. The third kappa shape index (κ3) is 2.20. The van der Waals surface area contributed by atoms with E-state index in [1.807, 2.05) is 0 Å². The molecule has 1 aromatic heterocycles. The number of aromatic nitrogens is 2. The first-order chi connectivity index (χ1) is 9.88. The highest BCUT2D eigenvalue weighted by Gasteiger charge is 2.34. The molecule has 108 valence electrons. The fourth-order valence-electron chi connectivity index (χ4n) is 2.22. The molecule has 0 bridgehead atoms. The smallest absolute Gasteiger partial charge is 0.305 e. The molecule has 0 spiro atoms. The number of alkyl halides is 3. The SMILES string of the molecule is O=c1[nH]c2cccc(C(F)(F)F)c2n1-c1ccc(F)cc1. The molecule has 0 saturated carbocycles. The number of H-pyrrole nitrogens is 1. The molecular weight excluding hydrogens is 288 g/mol. The lowest BCUT2D eigenvalue weighted by Gasteiger charge is -2.11. The Morgan fingerprint density at radius 2 is 1.67 bits per heavy atom. The summed E-state index contributed by atoms with van der Waals surface area (Å²) in [5.41, 5.74) is -1.69. The molecule has 1 N–H and O–H groups in total. The van der Waals surface area contributed by atoms with Gasteiger partial charge in [-0.1, -0.05) is 6.07 Å². The van der Waals surface area contributed by atoms with Crippen molar-refractivity contribution >= 4 is 11.0 Å². The largest absolute Gasteiger partial charge is 0.418 e. The lowest BCUT2D eigenvalue weighted by Crippen LogP contribution is -2.16. The molecule has 0 saturated heterocycles. The van der Waals surface area contributed by atoms with E-state index in [-0.39, 0.29) is 16.7 Å². The second kappa shape index (κ2) is 4.47. The molecule has 7 heteroatoms. The van der Waals surface area contributed by atoms with Crippen LogP contribution >= 0.6 is 0 Å². The van der Waals surface area contributed by atoms with Crippen LogP contribution in [0, 0.1) is 5.82 Å². The zero-order valence-corrected chi connectivity index (χ0v) is 10.4. The molecule has 3 rings (SSSR count). The summed E-state index contributed by atoms with van der Waals surface area (Å²) in [6, 6.07) is 8.15. The number of halogens is 4. The van der Waals surface area contributed by atoms with E-state index in [2.05, 4.69) is 4.98 Å². The number of benzene rings is 2. The Morgan fingerprint density at radius 1 is 1.00 bits per heavy atom. The summed E-state index contributed by atoms with van der Waals surface area (Å²) in [5, 5.41) is 0. The maximum atomic E-state index is 13.1. The zero-order chi connectivity index (χ0) is 15.2. The van der Waals surface area contributed by atoms with E-state index in [0.717, 1.165) is 22.8 Å². The zero-order valence-electron chi connectivity index (χ0n) is 10.4. The van der Waals surface area contributed by atoms with E-state index in [1.54, 1.807) is 0 Å². The summed E-state index contributed by atoms with van der Waals surface area (Å²) in [6.45, 7) is 0. The topological polar surface area (TPSA) is 37.8 Å². The number of nitrogens with one attached hydrogen (secondary N) is 1. The predicted octanol–water partition coefficient (Wildman–Crippen LogP) is 3.48. The third-order valence-corrected chi connectivity index (χ3v) is 3.09. The number of imidazole rings is 1. The van der Waals surface area contributed by atoms with E-state index in [1.165, 1.54) is 24.3 Å². The van der Waals surface area contributed by atoms with Crippen molar-refractivity contribution in [2.24, 2.45) is 0 Å². The molecule has 0 aliphatic carbocycles. The monoisotopic (exact) mass is 296 g/mol. The Bertz CT molecular complexity index is 859. The van der Waals surface area contributed by atoms with Crippen molar-refractivity contribution in [2.45, 2.75) is 6.18 Å². The van der Waals surface area contributed by atoms with Crippen LogP contribution in [0.4, 0.5) is 17.6 Å². The molecule has 0 aliphatic heterocycles. The lowest BCUT2D eigenvalue weighted by atomic mass is 10.1. The van der Waals surface area contributed by atoms with Crippen LogP contribution in [0.5, 0.6) is 0 Å². The number of hydrogen-bond acceptors (Lipinski definition) is 1. The maximum absolute atomic E-state index is 13.1. The minimum atomic E-state index is -4.60. The van der Waals surface area contributed by atoms with Gasteiger partial charge < -0.3 is 4.98 Å². The molecule has 2 aromatic carbocycles. The van der Waals surface area contributed by atoms with Crippen molar-refractivity contribution in [1.29, 1.82) is 0 Å². The molecule has 3 aromatic rings. The molecule has 21 heavy (non-hydrogen) atoms. The van der Waals surface area contributed by atoms with Gasteiger partial charge in [-0.05, 0) is 36.4 Å². The van der Waals surface area contributed by atoms with Gasteiger partial charge in [0, 0.05) is 0 Å². The van der Waals surface area contributed by atoms with Crippen LogP contribution in [-0.2, 0) is 6.18 Å². The highest BCUT2D eigenvalue weighted by molar-refractivity contribution is 5.81. The quantitative estimate of drug-likeness (QED) is 0.686. The maximum Gasteiger partial charge on any atom is 0.418 e. The van der Waals surface area contributed by atoms with Crippen molar-refractivity contribution in [3.05, 3.63) is 64.3 Å². The van der Waals surface area contributed by atoms with Gasteiger partial charge in [0.25, 0.3) is 0 Å². The number of hydrogen-bond donors (Lipinski definition) is 1. The molecule has 0 fully saturated rings. The van der Waals surface area contributed by atoms with Crippen LogP contribution in [0.1, 0.15) is 5.56 Å². The summed E-state index contributed by atoms with van der Waals surface area (Å²) < 4.78 is 53.1. The van der Waals surface area contributed by atoms with E-state index < -0.39 is 23.2 Å². The average molecular weight is 296 g/mol. The van der Waals surface area contributed by atoms with Gasteiger partial charge in [-0.25, -0.2) is 9.18 Å². The first-order valence-electron chi connectivity index (χ1n) is 5.95. The molecule has 0 aliphatic rings. The van der Waals surface area contributed by atoms with Gasteiger partial charge in [-0.3, -0.25) is 4.57 Å². The van der Waals surface area contributed by atoms with Gasteiger partial charge in [0.15, 0.2) is 0 Å². The Morgan fingerprint density at radius 3 is 2.29 bits per heavy atom. The van der Waals surface area contributed by atoms with Crippen molar-refractivity contribution in [1.82, 2.24) is 9.55 Å². The molecule has 1 heterocycles. The van der Waals surface area contributed by atoms with Crippen molar-refractivity contribution in [2.75, 3.05) is 0 Å². The fourth-order valence-corrected chi connectivity index (χ4v) is 2.22. The van der Waals surface area contributed by atoms with Gasteiger partial charge in [-0.2, -0.15) is 13.2 Å². The molecule has 0 amide bonds. The predicted molar refractivity (Wildman–Crippen MR) is 68.9 cm³/mol. The standard InChI is InChI=1S/C14H8F4N2O/c15-8-4-6-9(7-5-8)20-12-10(14(16,17)18)2-1-3-11(12)19-13(20)21/h1-7H,(H,19,21). The molecular formula is C14H8F4N2O. The van der Waals surface area contributed by atoms with Crippen LogP contribution in [0.3, 0.4) is 0 Å². The first kappa shape index (κ1) is 13.4. The molecule has 0 atom stereocenters. The van der Waals surface area contributed by atoms with Gasteiger partial charge in [0.2, 0.25) is 0 Å². The summed E-state index contributed by atoms with van der Waals surface area (Å²) in [5.74, 6) is -0.539. The van der Waals surface area contributed by atoms with Gasteiger partial charge in [0.05, 0.1) is 22.3 Å². The Balaban J connectivity index is 2.40. The van der Waals surface area contributed by atoms with Gasteiger partial charge in [-0.15, -0.1) is 0 Å². The van der Waals surface area contributed by atoms with Crippen molar-refractivity contribution in [3.8, 4) is 5.69 Å². The minimum Gasteiger partial charge on any atom is -0.305 e. The van der Waals surface area contributed by atoms with Crippen LogP contribution in [0.25, 0.3) is 16.7 Å². The van der Waals surface area contributed by atoms with E-state index in [0.29, 0.717) is 0 Å². The number of rotatable bonds is 1. The van der Waals surface area contributed by atoms with Crippen molar-refractivity contribution < 1.29 is 17.6 Å². The minimum absolute atomic E-state index is 0.0687. The van der Waals surface area contributed by atoms with E-state index in [4.69, 9.17) is 0 Å². The summed E-state index contributed by atoms with van der Waals surface area (Å²) in [4.78, 5) is 14.3. The fraction of sp³-hybridized carbons (Fsp3) is 0.0714. The van der Waals surface area contributed by atoms with Crippen molar-refractivity contribution in [3.63, 3.8) is 0 Å². The van der Waals surface area contributed by atoms with Crippen LogP contribution in [-0.4, -0.2) is 9.55 Å². The van der Waals surface area contributed by atoms with E-state index in [9.17, 15) is 22.4 Å². The normalized spacial score (nSPS) is 12.0. The lowest BCUT2D eigenvalue weighted by molar-refractivity contribution is -0.136. The summed E-state index contributed by atoms with van der Waals surface area (Å²) >= 11 is 0. The molecule has 3 nitrogen and oxygen atoms in total. The second-order valence-corrected chi connectivity index (χ2v) is 4.44. The van der Waals surface area contributed by atoms with Crippen LogP contribution < -0.4 is 5.69 Å². The Kier molecular flexibility index (Phi) is 2.86. The first-order valence-corrected chi connectivity index (χ1v) is 5.95. The number of nitrogens with zero attached hydrogens (tertiary/aromatic N) is 1.